The van der Waals surface area contributed by atoms with Crippen LogP contribution in [0.2, 0.25) is 0 Å². The summed E-state index contributed by atoms with van der Waals surface area (Å²) in [5.41, 5.74) is 0. The van der Waals surface area contributed by atoms with Crippen LogP contribution in [0, 0.1) is 5.92 Å². The molecule has 0 aromatic rings. The predicted molar refractivity (Wildman–Crippen MR) is 355 cm³/mol. The lowest BCUT2D eigenvalue weighted by atomic mass is 9.95. The largest absolute Gasteiger partial charge is 0.394 e. The maximum Gasteiger partial charge on any atom is 0.249 e. The molecule has 4 heterocycles. The number of carbonyl (C=O) groups excluding carboxylic acids is 2. The van der Waals surface area contributed by atoms with Gasteiger partial charge in [-0.15, -0.1) is 0 Å². The molecule has 0 radical (unpaired) electrons. The van der Waals surface area contributed by atoms with Gasteiger partial charge < -0.3 is 120 Å². The zero-order chi connectivity index (χ0) is 70.5. The highest BCUT2D eigenvalue weighted by Gasteiger charge is 2.54. The van der Waals surface area contributed by atoms with Crippen molar-refractivity contribution >= 4 is 11.8 Å². The molecule has 0 aromatic carbocycles. The summed E-state index contributed by atoms with van der Waals surface area (Å²) in [5, 5.41) is 159. The van der Waals surface area contributed by atoms with E-state index >= 15 is 0 Å². The van der Waals surface area contributed by atoms with E-state index in [0.717, 1.165) is 70.6 Å². The van der Waals surface area contributed by atoms with Crippen molar-refractivity contribution in [1.82, 2.24) is 10.6 Å². The topological polar surface area (TPSA) is 415 Å². The van der Waals surface area contributed by atoms with Crippen molar-refractivity contribution in [1.29, 1.82) is 0 Å². The zero-order valence-electron chi connectivity index (χ0n) is 58.6. The summed E-state index contributed by atoms with van der Waals surface area (Å²) in [6, 6.07) is -2.93. The Morgan fingerprint density at radius 2 is 0.865 bits per heavy atom. The van der Waals surface area contributed by atoms with Crippen LogP contribution in [0.1, 0.15) is 253 Å². The lowest BCUT2D eigenvalue weighted by Crippen LogP contribution is -2.68. The summed E-state index contributed by atoms with van der Waals surface area (Å²) in [7, 11) is 0. The van der Waals surface area contributed by atoms with Crippen LogP contribution in [0.4, 0.5) is 0 Å². The highest BCUT2D eigenvalue weighted by Crippen LogP contribution is 2.34. The molecule has 4 saturated heterocycles. The number of carbonyl (C=O) groups is 2. The summed E-state index contributed by atoms with van der Waals surface area (Å²) in [4.78, 5) is 26.4. The number of amides is 2. The second kappa shape index (κ2) is 48.9. The third-order valence-corrected chi connectivity index (χ3v) is 19.9. The predicted octanol–water partition coefficient (Wildman–Crippen LogP) is 3.95. The molecule has 4 rings (SSSR count). The number of ether oxygens (including phenoxy) is 8. The lowest BCUT2D eigenvalue weighted by molar-refractivity contribution is -0.373. The maximum absolute atomic E-state index is 13.8. The van der Waals surface area contributed by atoms with Crippen molar-refractivity contribution in [3.05, 3.63) is 0 Å². The number of rotatable bonds is 52. The van der Waals surface area contributed by atoms with Gasteiger partial charge in [-0.2, -0.15) is 0 Å². The third-order valence-electron chi connectivity index (χ3n) is 19.9. The van der Waals surface area contributed by atoms with Crippen LogP contribution >= 0.6 is 0 Å². The van der Waals surface area contributed by atoms with Gasteiger partial charge >= 0.3 is 0 Å². The van der Waals surface area contributed by atoms with Crippen LogP contribution in [-0.4, -0.2) is 257 Å². The standard InChI is InChI=1S/C70H132N2O24/c1-6-8-9-10-11-12-13-14-15-16-17-18-19-20-21-22-23-26-30-33-36-39-49(77)66(88)72-47(55(79)48(76)38-35-32-29-27-24-25-28-31-34-37-44(3)7-2)42-89-70-65(61(85)56(80)50(40-73)93-70)96-69-63(87)60(84)57(81)52(94-69)43-90-67-53(71-46(5)75)64(58(82)51(41-74)92-67)95-68-62(86)59(83)54(78)45(4)91-68/h44-45,47-65,67-70,73-74,76-87H,6-43H2,1-5H3,(H,71,75)(H,72,88)/t44?,45-,47-,48+,49+,50+,51+,52+,53+,54-,55-,56-,57-,58-,59+,60-,61-,62+,63+,64+,65+,67+,68-,69+,70-/m0/s1. The van der Waals surface area contributed by atoms with E-state index in [-0.39, 0.29) is 12.8 Å². The van der Waals surface area contributed by atoms with Gasteiger partial charge in [0.05, 0.1) is 44.7 Å². The Hall–Kier alpha value is -1.94. The average molecular weight is 1390 g/mol. The average Bonchev–Trinajstić information content (AvgIpc) is 0.804. The van der Waals surface area contributed by atoms with E-state index in [1.807, 2.05) is 0 Å². The van der Waals surface area contributed by atoms with Gasteiger partial charge in [-0.05, 0) is 25.7 Å². The van der Waals surface area contributed by atoms with Gasteiger partial charge in [0.1, 0.15) is 104 Å². The number of aliphatic hydroxyl groups excluding tert-OH is 14. The van der Waals surface area contributed by atoms with Crippen LogP contribution in [0.15, 0.2) is 0 Å². The fourth-order valence-corrected chi connectivity index (χ4v) is 13.2. The van der Waals surface area contributed by atoms with E-state index in [4.69, 9.17) is 37.9 Å². The van der Waals surface area contributed by atoms with Crippen molar-refractivity contribution in [3.8, 4) is 0 Å². The van der Waals surface area contributed by atoms with E-state index in [1.165, 1.54) is 142 Å². The first-order valence-corrected chi connectivity index (χ1v) is 37.2. The molecule has 2 amide bonds. The number of aliphatic hydroxyl groups is 14. The zero-order valence-corrected chi connectivity index (χ0v) is 58.6. The first kappa shape index (κ1) is 86.5. The highest BCUT2D eigenvalue weighted by atomic mass is 16.8. The van der Waals surface area contributed by atoms with E-state index in [1.54, 1.807) is 0 Å². The number of hydrogen-bond acceptors (Lipinski definition) is 24. The molecule has 96 heavy (non-hydrogen) atoms. The van der Waals surface area contributed by atoms with Gasteiger partial charge in [0.2, 0.25) is 11.8 Å². The van der Waals surface area contributed by atoms with Crippen LogP contribution in [0.3, 0.4) is 0 Å². The van der Waals surface area contributed by atoms with Crippen LogP contribution < -0.4 is 10.6 Å². The molecule has 16 N–H and O–H groups in total. The minimum atomic E-state index is -2.10. The Bertz CT molecular complexity index is 1990. The summed E-state index contributed by atoms with van der Waals surface area (Å²) >= 11 is 0. The Morgan fingerprint density at radius 3 is 1.35 bits per heavy atom. The van der Waals surface area contributed by atoms with Gasteiger partial charge in [-0.3, -0.25) is 9.59 Å². The van der Waals surface area contributed by atoms with E-state index in [0.29, 0.717) is 12.8 Å². The molecule has 26 nitrogen and oxygen atoms in total. The van der Waals surface area contributed by atoms with Gasteiger partial charge in [0.15, 0.2) is 25.2 Å². The van der Waals surface area contributed by atoms with E-state index < -0.39 is 185 Å². The number of nitrogens with one attached hydrogen (secondary N) is 2. The molecule has 0 aliphatic carbocycles. The molecule has 1 unspecified atom stereocenters. The molecular formula is C70H132N2O24. The van der Waals surface area contributed by atoms with Crippen molar-refractivity contribution in [2.24, 2.45) is 5.92 Å². The molecule has 25 atom stereocenters. The maximum atomic E-state index is 13.8. The number of hydrogen-bond donors (Lipinski definition) is 16. The van der Waals surface area contributed by atoms with Gasteiger partial charge in [0.25, 0.3) is 0 Å². The fraction of sp³-hybridized carbons (Fsp3) is 0.971. The van der Waals surface area contributed by atoms with Crippen molar-refractivity contribution < 1.29 is 119 Å². The molecule has 566 valence electrons. The van der Waals surface area contributed by atoms with Crippen molar-refractivity contribution in [2.75, 3.05) is 26.4 Å². The normalized spacial score (nSPS) is 32.7. The molecule has 0 spiro atoms. The number of unbranched alkanes of at least 4 members (excludes halogenated alkanes) is 28. The molecule has 26 heteroatoms. The molecule has 0 saturated carbocycles. The minimum Gasteiger partial charge on any atom is -0.394 e. The summed E-state index contributed by atoms with van der Waals surface area (Å²) in [6.07, 6.45) is -0.437. The SMILES string of the molecule is CCCCCCCCCCCCCCCCCCCCCCC[C@@H](O)C(=O)N[C@@H](CO[C@H]1O[C@H](CO)[C@H](O)[C@H](O)[C@H]1O[C@H]1O[C@H](CO[C@@H]2O[C@H](CO)[C@H](O)[C@H](O[C@@H]3O[C@@H](C)[C@H](O)[C@@H](O)[C@H]3O)[C@H]2NC(C)=O)[C@H](O)[C@H](O)[C@H]1O)[C@H](O)[C@H](O)CCCCCCCCCCCC(C)CC. The van der Waals surface area contributed by atoms with E-state index in [2.05, 4.69) is 31.4 Å². The quantitative estimate of drug-likeness (QED) is 0.0383. The van der Waals surface area contributed by atoms with Crippen LogP contribution in [0.5, 0.6) is 0 Å². The van der Waals surface area contributed by atoms with Crippen LogP contribution in [0.25, 0.3) is 0 Å². The lowest BCUT2D eigenvalue weighted by Gasteiger charge is -2.48. The third kappa shape index (κ3) is 30.2. The monoisotopic (exact) mass is 1380 g/mol. The highest BCUT2D eigenvalue weighted by molar-refractivity contribution is 5.80. The minimum absolute atomic E-state index is 0.124. The van der Waals surface area contributed by atoms with Gasteiger partial charge in [-0.1, -0.05) is 226 Å². The fourth-order valence-electron chi connectivity index (χ4n) is 13.2. The molecular weight excluding hydrogens is 1250 g/mol. The molecule has 4 aliphatic rings. The second-order valence-corrected chi connectivity index (χ2v) is 28.0. The van der Waals surface area contributed by atoms with E-state index in [9.17, 15) is 81.1 Å². The molecule has 0 aromatic heterocycles. The Morgan fingerprint density at radius 1 is 0.448 bits per heavy atom. The summed E-state index contributed by atoms with van der Waals surface area (Å²) in [6.45, 7) is 6.09. The Balaban J connectivity index is 1.38. The first-order chi connectivity index (χ1) is 46.1. The van der Waals surface area contributed by atoms with Gasteiger partial charge in [-0.25, -0.2) is 0 Å². The molecule has 0 bridgehead atoms. The molecule has 4 fully saturated rings. The van der Waals surface area contributed by atoms with Gasteiger partial charge in [0, 0.05) is 6.92 Å². The first-order valence-electron chi connectivity index (χ1n) is 37.2. The summed E-state index contributed by atoms with van der Waals surface area (Å²) in [5.74, 6) is -0.805. The summed E-state index contributed by atoms with van der Waals surface area (Å²) < 4.78 is 47.2. The van der Waals surface area contributed by atoms with Crippen molar-refractivity contribution in [2.45, 2.75) is 400 Å². The smallest absolute Gasteiger partial charge is 0.249 e. The van der Waals surface area contributed by atoms with Crippen molar-refractivity contribution in [3.63, 3.8) is 0 Å². The molecule has 4 aliphatic heterocycles. The Kier molecular flexibility index (Phi) is 44.0. The van der Waals surface area contributed by atoms with Crippen LogP contribution in [-0.2, 0) is 47.5 Å². The second-order valence-electron chi connectivity index (χ2n) is 28.0. The Labute approximate surface area is 571 Å².